The molecule has 1 fully saturated rings. The number of benzene rings is 1. The van der Waals surface area contributed by atoms with Gasteiger partial charge in [-0.2, -0.15) is 0 Å². The Hall–Kier alpha value is -1.89. The fourth-order valence-corrected chi connectivity index (χ4v) is 4.42. The summed E-state index contributed by atoms with van der Waals surface area (Å²) in [5.74, 6) is -0.295. The quantitative estimate of drug-likeness (QED) is 0.791. The number of nitrogens with zero attached hydrogens (tertiary/aromatic N) is 2. The molecule has 0 radical (unpaired) electrons. The van der Waals surface area contributed by atoms with Crippen molar-refractivity contribution in [1.82, 2.24) is 9.80 Å². The first-order chi connectivity index (χ1) is 10.8. The van der Waals surface area contributed by atoms with Gasteiger partial charge in [-0.1, -0.05) is 30.3 Å². The van der Waals surface area contributed by atoms with Crippen LogP contribution in [0.25, 0.3) is 0 Å². The van der Waals surface area contributed by atoms with Gasteiger partial charge < -0.3 is 9.80 Å². The molecule has 126 valence electrons. The van der Waals surface area contributed by atoms with E-state index in [1.54, 1.807) is 7.05 Å². The Kier molecular flexibility index (Phi) is 5.41. The zero-order chi connectivity index (χ0) is 17.0. The third-order valence-corrected chi connectivity index (χ3v) is 5.89. The van der Waals surface area contributed by atoms with Gasteiger partial charge in [0, 0.05) is 26.6 Å². The van der Waals surface area contributed by atoms with Gasteiger partial charge in [-0.05, 0) is 12.0 Å². The van der Waals surface area contributed by atoms with E-state index in [0.717, 1.165) is 5.56 Å². The summed E-state index contributed by atoms with van der Waals surface area (Å²) in [6, 6.07) is 9.15. The van der Waals surface area contributed by atoms with Crippen LogP contribution in [0.2, 0.25) is 0 Å². The van der Waals surface area contributed by atoms with Crippen LogP contribution in [0.4, 0.5) is 0 Å². The number of sulfone groups is 1. The molecule has 0 aliphatic carbocycles. The average molecular weight is 338 g/mol. The molecule has 0 bridgehead atoms. The van der Waals surface area contributed by atoms with Crippen molar-refractivity contribution in [3.05, 3.63) is 35.9 Å². The molecule has 0 spiro atoms. The molecule has 0 aromatic heterocycles. The minimum Gasteiger partial charge on any atom is -0.340 e. The van der Waals surface area contributed by atoms with Crippen LogP contribution in [0, 0.1) is 0 Å². The number of carbonyl (C=O) groups is 2. The highest BCUT2D eigenvalue weighted by molar-refractivity contribution is 7.91. The smallest absolute Gasteiger partial charge is 0.242 e. The van der Waals surface area contributed by atoms with Gasteiger partial charge in [-0.3, -0.25) is 9.59 Å². The van der Waals surface area contributed by atoms with Gasteiger partial charge in [0.05, 0.1) is 11.5 Å². The molecule has 1 aromatic rings. The van der Waals surface area contributed by atoms with Gasteiger partial charge in [-0.25, -0.2) is 8.42 Å². The van der Waals surface area contributed by atoms with E-state index in [1.807, 2.05) is 30.3 Å². The van der Waals surface area contributed by atoms with Crippen molar-refractivity contribution in [2.45, 2.75) is 25.9 Å². The van der Waals surface area contributed by atoms with Gasteiger partial charge >= 0.3 is 0 Å². The van der Waals surface area contributed by atoms with Crippen molar-refractivity contribution in [3.63, 3.8) is 0 Å². The molecule has 2 amide bonds. The lowest BCUT2D eigenvalue weighted by molar-refractivity contribution is -0.140. The van der Waals surface area contributed by atoms with Crippen LogP contribution in [-0.2, 0) is 26.0 Å². The lowest BCUT2D eigenvalue weighted by atomic mass is 10.2. The minimum absolute atomic E-state index is 0.00793. The second-order valence-corrected chi connectivity index (χ2v) is 8.15. The summed E-state index contributed by atoms with van der Waals surface area (Å²) < 4.78 is 23.1. The molecule has 23 heavy (non-hydrogen) atoms. The molecule has 2 rings (SSSR count). The molecular formula is C16H22N2O4S. The van der Waals surface area contributed by atoms with Crippen molar-refractivity contribution in [2.75, 3.05) is 25.1 Å². The molecule has 1 aliphatic rings. The van der Waals surface area contributed by atoms with Crippen LogP contribution in [0.5, 0.6) is 0 Å². The molecule has 1 atom stereocenters. The number of likely N-dealkylation sites (N-methyl/N-ethyl adjacent to an activating group) is 1. The summed E-state index contributed by atoms with van der Waals surface area (Å²) in [6.45, 7) is 1.74. The fraction of sp³-hybridized carbons (Fsp3) is 0.500. The minimum atomic E-state index is -3.04. The van der Waals surface area contributed by atoms with E-state index >= 15 is 0 Å². The molecule has 1 heterocycles. The number of hydrogen-bond donors (Lipinski definition) is 0. The standard InChI is InChI=1S/C16H22N2O4S/c1-13(19)18(10-14-6-4-3-5-7-14)11-16(20)17(2)15-8-9-23(21,22)12-15/h3-7,15H,8-12H2,1-2H3. The molecule has 1 saturated heterocycles. The van der Waals surface area contributed by atoms with Crippen LogP contribution in [0.15, 0.2) is 30.3 Å². The van der Waals surface area contributed by atoms with Crippen LogP contribution in [0.3, 0.4) is 0 Å². The van der Waals surface area contributed by atoms with Crippen LogP contribution in [0.1, 0.15) is 18.9 Å². The van der Waals surface area contributed by atoms with Crippen LogP contribution >= 0.6 is 0 Å². The number of amides is 2. The summed E-state index contributed by atoms with van der Waals surface area (Å²) in [5, 5.41) is 0. The summed E-state index contributed by atoms with van der Waals surface area (Å²) in [4.78, 5) is 27.1. The Labute approximate surface area is 137 Å². The Morgan fingerprint density at radius 3 is 2.39 bits per heavy atom. The van der Waals surface area contributed by atoms with Gasteiger partial charge in [0.15, 0.2) is 9.84 Å². The fourth-order valence-electron chi connectivity index (χ4n) is 2.64. The Balaban J connectivity index is 1.99. The zero-order valence-electron chi connectivity index (χ0n) is 13.4. The first-order valence-corrected chi connectivity index (χ1v) is 9.36. The molecule has 1 unspecified atom stereocenters. The molecule has 1 aromatic carbocycles. The van der Waals surface area contributed by atoms with Crippen molar-refractivity contribution in [3.8, 4) is 0 Å². The Bertz CT molecular complexity index is 673. The lowest BCUT2D eigenvalue weighted by Gasteiger charge is -2.27. The largest absolute Gasteiger partial charge is 0.340 e. The third-order valence-electron chi connectivity index (χ3n) is 4.14. The van der Waals surface area contributed by atoms with Crippen LogP contribution in [-0.4, -0.2) is 61.2 Å². The van der Waals surface area contributed by atoms with Crippen molar-refractivity contribution >= 4 is 21.7 Å². The summed E-state index contributed by atoms with van der Waals surface area (Å²) in [7, 11) is -1.44. The van der Waals surface area contributed by atoms with Gasteiger partial charge in [0.2, 0.25) is 11.8 Å². The van der Waals surface area contributed by atoms with Gasteiger partial charge in [0.1, 0.15) is 6.54 Å². The molecule has 1 aliphatic heterocycles. The SMILES string of the molecule is CC(=O)N(CC(=O)N(C)C1CCS(=O)(=O)C1)Cc1ccccc1. The van der Waals surface area contributed by atoms with E-state index in [0.29, 0.717) is 13.0 Å². The predicted molar refractivity (Wildman–Crippen MR) is 87.4 cm³/mol. The molecule has 0 N–H and O–H groups in total. The highest BCUT2D eigenvalue weighted by Crippen LogP contribution is 2.17. The van der Waals surface area contributed by atoms with E-state index in [9.17, 15) is 18.0 Å². The molecule has 7 heteroatoms. The maximum Gasteiger partial charge on any atom is 0.242 e. The van der Waals surface area contributed by atoms with E-state index in [-0.39, 0.29) is 35.9 Å². The third kappa shape index (κ3) is 4.79. The van der Waals surface area contributed by atoms with Crippen molar-refractivity contribution < 1.29 is 18.0 Å². The van der Waals surface area contributed by atoms with E-state index < -0.39 is 9.84 Å². The second-order valence-electron chi connectivity index (χ2n) is 5.92. The first kappa shape index (κ1) is 17.5. The molecular weight excluding hydrogens is 316 g/mol. The van der Waals surface area contributed by atoms with E-state index in [4.69, 9.17) is 0 Å². The topological polar surface area (TPSA) is 74.8 Å². The summed E-state index contributed by atoms with van der Waals surface area (Å²) in [5.41, 5.74) is 0.946. The van der Waals surface area contributed by atoms with Crippen molar-refractivity contribution in [2.24, 2.45) is 0 Å². The number of hydrogen-bond acceptors (Lipinski definition) is 4. The van der Waals surface area contributed by atoms with Gasteiger partial charge in [0.25, 0.3) is 0 Å². The van der Waals surface area contributed by atoms with Crippen LogP contribution < -0.4 is 0 Å². The monoisotopic (exact) mass is 338 g/mol. The molecule has 0 saturated carbocycles. The summed E-state index contributed by atoms with van der Waals surface area (Å²) >= 11 is 0. The second kappa shape index (κ2) is 7.12. The highest BCUT2D eigenvalue weighted by Gasteiger charge is 2.33. The zero-order valence-corrected chi connectivity index (χ0v) is 14.3. The number of carbonyl (C=O) groups excluding carboxylic acids is 2. The average Bonchev–Trinajstić information content (AvgIpc) is 2.86. The highest BCUT2D eigenvalue weighted by atomic mass is 32.2. The van der Waals surface area contributed by atoms with E-state index in [2.05, 4.69) is 0 Å². The van der Waals surface area contributed by atoms with E-state index in [1.165, 1.54) is 16.7 Å². The predicted octanol–water partition coefficient (Wildman–Crippen LogP) is 0.681. The maximum atomic E-state index is 12.4. The number of rotatable bonds is 5. The normalized spacial score (nSPS) is 19.3. The maximum absolute atomic E-state index is 12.4. The lowest BCUT2D eigenvalue weighted by Crippen LogP contribution is -2.44. The Morgan fingerprint density at radius 1 is 1.22 bits per heavy atom. The first-order valence-electron chi connectivity index (χ1n) is 7.54. The molecule has 6 nitrogen and oxygen atoms in total. The van der Waals surface area contributed by atoms with Crippen molar-refractivity contribution in [1.29, 1.82) is 0 Å². The van der Waals surface area contributed by atoms with Gasteiger partial charge in [-0.15, -0.1) is 0 Å². The Morgan fingerprint density at radius 2 is 1.87 bits per heavy atom. The summed E-state index contributed by atoms with van der Waals surface area (Å²) in [6.07, 6.45) is 0.462.